The first-order valence-corrected chi connectivity index (χ1v) is 11.7. The molecule has 0 radical (unpaired) electrons. The smallest absolute Gasteiger partial charge is 0.281 e. The number of nitrogens with zero attached hydrogens (tertiary/aromatic N) is 5. The van der Waals surface area contributed by atoms with Crippen LogP contribution in [0.25, 0.3) is 11.3 Å². The summed E-state index contributed by atoms with van der Waals surface area (Å²) in [6.45, 7) is 1.64. The Morgan fingerprint density at radius 1 is 0.974 bits per heavy atom. The van der Waals surface area contributed by atoms with Crippen LogP contribution in [0, 0.1) is 17.0 Å². The molecule has 0 N–H and O–H groups in total. The fourth-order valence-corrected chi connectivity index (χ4v) is 4.61. The minimum Gasteiger partial charge on any atom is -0.471 e. The normalized spacial score (nSPS) is 14.4. The molecule has 3 heterocycles. The largest absolute Gasteiger partial charge is 0.471 e. The first-order valence-electron chi connectivity index (χ1n) is 11.7. The van der Waals surface area contributed by atoms with E-state index in [0.29, 0.717) is 22.6 Å². The lowest BCUT2D eigenvalue weighted by atomic mass is 9.90. The number of carbonyl (C=O) groups is 2. The van der Waals surface area contributed by atoms with Crippen LogP contribution in [-0.2, 0) is 4.79 Å². The molecule has 0 saturated heterocycles. The monoisotopic (exact) mass is 505 g/mol. The van der Waals surface area contributed by atoms with E-state index >= 15 is 0 Å². The molecule has 2 aliphatic rings. The van der Waals surface area contributed by atoms with Crippen molar-refractivity contribution in [2.45, 2.75) is 6.92 Å². The Labute approximate surface area is 216 Å². The first kappa shape index (κ1) is 23.0. The zero-order valence-corrected chi connectivity index (χ0v) is 20.1. The Morgan fingerprint density at radius 3 is 2.34 bits per heavy atom. The number of fused-ring (bicyclic) bond motifs is 2. The van der Waals surface area contributed by atoms with Crippen LogP contribution in [0.2, 0.25) is 0 Å². The van der Waals surface area contributed by atoms with E-state index in [9.17, 15) is 19.7 Å². The van der Waals surface area contributed by atoms with Gasteiger partial charge in [0, 0.05) is 17.7 Å². The summed E-state index contributed by atoms with van der Waals surface area (Å²) >= 11 is 0. The van der Waals surface area contributed by atoms with Gasteiger partial charge in [0.25, 0.3) is 11.6 Å². The van der Waals surface area contributed by atoms with Gasteiger partial charge in [0.05, 0.1) is 38.7 Å². The molecule has 1 aromatic heterocycles. The van der Waals surface area contributed by atoms with E-state index in [4.69, 9.17) is 4.74 Å². The fourth-order valence-electron chi connectivity index (χ4n) is 4.61. The zero-order valence-electron chi connectivity index (χ0n) is 20.1. The maximum Gasteiger partial charge on any atom is 0.281 e. The Hall–Kier alpha value is -5.38. The standard InChI is InChI=1S/C28H19N5O5/c1-17-23-25(26(34)18-9-8-14-21(15-18)33(36)37)24-22(30-31(27(24)35)19-10-4-2-5-11-19)16-38-28(23)32(29-17)20-12-6-3-7-13-20/h2-15H,16H2,1H3. The van der Waals surface area contributed by atoms with Gasteiger partial charge in [-0.3, -0.25) is 19.7 Å². The van der Waals surface area contributed by atoms with Crippen LogP contribution in [0.1, 0.15) is 21.6 Å². The van der Waals surface area contributed by atoms with E-state index < -0.39 is 16.6 Å². The average Bonchev–Trinajstić information content (AvgIpc) is 3.38. The third-order valence-electron chi connectivity index (χ3n) is 6.33. The molecule has 186 valence electrons. The van der Waals surface area contributed by atoms with Crippen LogP contribution in [0.4, 0.5) is 11.4 Å². The number of para-hydroxylation sites is 2. The predicted molar refractivity (Wildman–Crippen MR) is 140 cm³/mol. The number of ketones is 1. The van der Waals surface area contributed by atoms with Crippen molar-refractivity contribution in [3.63, 3.8) is 0 Å². The van der Waals surface area contributed by atoms with E-state index in [2.05, 4.69) is 10.2 Å². The number of rotatable bonds is 5. The van der Waals surface area contributed by atoms with Crippen molar-refractivity contribution in [2.75, 3.05) is 11.6 Å². The predicted octanol–water partition coefficient (Wildman–Crippen LogP) is 4.52. The fraction of sp³-hybridized carbons (Fsp3) is 0.0714. The highest BCUT2D eigenvalue weighted by atomic mass is 16.6. The Morgan fingerprint density at radius 2 is 1.66 bits per heavy atom. The molecule has 0 unspecified atom stereocenters. The third-order valence-corrected chi connectivity index (χ3v) is 6.33. The third kappa shape index (κ3) is 3.66. The minimum absolute atomic E-state index is 0.0415. The maximum absolute atomic E-state index is 14.1. The molecule has 10 nitrogen and oxygen atoms in total. The summed E-state index contributed by atoms with van der Waals surface area (Å²) in [6.07, 6.45) is 0. The van der Waals surface area contributed by atoms with Gasteiger partial charge in [-0.05, 0) is 31.2 Å². The van der Waals surface area contributed by atoms with E-state index in [-0.39, 0.29) is 40.6 Å². The van der Waals surface area contributed by atoms with Crippen LogP contribution >= 0.6 is 0 Å². The average molecular weight is 505 g/mol. The maximum atomic E-state index is 14.1. The number of Topliss-reactive ketones (excluding diaryl/α,β-unsaturated/α-hetero) is 1. The number of allylic oxidation sites excluding steroid dienone is 1. The van der Waals surface area contributed by atoms with E-state index in [1.165, 1.54) is 29.3 Å². The topological polar surface area (TPSA) is 120 Å². The molecule has 2 aliphatic heterocycles. The van der Waals surface area contributed by atoms with Crippen LogP contribution in [0.3, 0.4) is 0 Å². The molecular weight excluding hydrogens is 486 g/mol. The summed E-state index contributed by atoms with van der Waals surface area (Å²) in [5.41, 5.74) is 2.26. The van der Waals surface area contributed by atoms with Gasteiger partial charge in [-0.25, -0.2) is 4.68 Å². The summed E-state index contributed by atoms with van der Waals surface area (Å²) in [6, 6.07) is 23.5. The number of hydrazone groups is 1. The number of hydrogen-bond donors (Lipinski definition) is 0. The number of amides is 1. The Bertz CT molecular complexity index is 1690. The first-order chi connectivity index (χ1) is 18.4. The molecule has 0 bridgehead atoms. The summed E-state index contributed by atoms with van der Waals surface area (Å²) in [4.78, 5) is 38.8. The second-order valence-corrected chi connectivity index (χ2v) is 8.69. The van der Waals surface area contributed by atoms with Gasteiger partial charge in [-0.1, -0.05) is 48.5 Å². The van der Waals surface area contributed by atoms with Crippen molar-refractivity contribution in [2.24, 2.45) is 5.10 Å². The molecule has 0 spiro atoms. The van der Waals surface area contributed by atoms with E-state index in [0.717, 1.165) is 0 Å². The lowest BCUT2D eigenvalue weighted by Gasteiger charge is -2.14. The van der Waals surface area contributed by atoms with Gasteiger partial charge in [-0.15, -0.1) is 0 Å². The molecule has 6 rings (SSSR count). The molecule has 0 atom stereocenters. The van der Waals surface area contributed by atoms with E-state index in [1.807, 2.05) is 36.4 Å². The molecule has 10 heteroatoms. The Kier molecular flexibility index (Phi) is 5.42. The molecule has 3 aromatic carbocycles. The van der Waals surface area contributed by atoms with Crippen molar-refractivity contribution in [3.8, 4) is 11.6 Å². The summed E-state index contributed by atoms with van der Waals surface area (Å²) in [5, 5.41) is 21.8. The number of nitro groups is 1. The van der Waals surface area contributed by atoms with Crippen molar-refractivity contribution < 1.29 is 19.2 Å². The molecule has 0 saturated carbocycles. The second kappa shape index (κ2) is 8.93. The quantitative estimate of drug-likeness (QED) is 0.223. The molecule has 4 aromatic rings. The summed E-state index contributed by atoms with van der Waals surface area (Å²) < 4.78 is 7.74. The van der Waals surface area contributed by atoms with Gasteiger partial charge in [-0.2, -0.15) is 15.2 Å². The Balaban J connectivity index is 1.60. The summed E-state index contributed by atoms with van der Waals surface area (Å²) in [5.74, 6) is -0.781. The molecule has 1 amide bonds. The number of nitro benzene ring substituents is 1. The number of hydrogen-bond acceptors (Lipinski definition) is 7. The number of aryl methyl sites for hydroxylation is 1. The van der Waals surface area contributed by atoms with Gasteiger partial charge in [0.2, 0.25) is 5.88 Å². The van der Waals surface area contributed by atoms with Gasteiger partial charge in [0.15, 0.2) is 5.78 Å². The highest BCUT2D eigenvalue weighted by Crippen LogP contribution is 2.41. The number of anilines is 1. The van der Waals surface area contributed by atoms with Crippen molar-refractivity contribution in [1.29, 1.82) is 0 Å². The SMILES string of the molecule is Cc1nn(-c2ccccc2)c2c1C(C(=O)c1cccc([N+](=O)[O-])c1)=C1C(=O)N(c3ccccc3)N=C1CO2. The summed E-state index contributed by atoms with van der Waals surface area (Å²) in [7, 11) is 0. The number of ether oxygens (including phenoxy) is 1. The van der Waals surface area contributed by atoms with Gasteiger partial charge < -0.3 is 4.74 Å². The van der Waals surface area contributed by atoms with E-state index in [1.54, 1.807) is 35.9 Å². The number of non-ortho nitro benzene ring substituents is 1. The van der Waals surface area contributed by atoms with Crippen LogP contribution in [-0.4, -0.2) is 38.7 Å². The van der Waals surface area contributed by atoms with Crippen LogP contribution in [0.5, 0.6) is 5.88 Å². The molecule has 0 aliphatic carbocycles. The number of benzene rings is 3. The van der Waals surface area contributed by atoms with Crippen LogP contribution in [0.15, 0.2) is 95.6 Å². The molecular formula is C28H19N5O5. The van der Waals surface area contributed by atoms with Crippen molar-refractivity contribution in [1.82, 2.24) is 9.78 Å². The number of aromatic nitrogens is 2. The molecule has 38 heavy (non-hydrogen) atoms. The van der Waals surface area contributed by atoms with Crippen molar-refractivity contribution in [3.05, 3.63) is 117 Å². The minimum atomic E-state index is -0.570. The highest BCUT2D eigenvalue weighted by Gasteiger charge is 2.41. The lowest BCUT2D eigenvalue weighted by Crippen LogP contribution is -2.23. The second-order valence-electron chi connectivity index (χ2n) is 8.69. The number of carbonyl (C=O) groups excluding carboxylic acids is 2. The zero-order chi connectivity index (χ0) is 26.4. The molecule has 0 fully saturated rings. The van der Waals surface area contributed by atoms with Crippen LogP contribution < -0.4 is 9.75 Å². The van der Waals surface area contributed by atoms with Crippen molar-refractivity contribution >= 4 is 34.3 Å². The van der Waals surface area contributed by atoms with Gasteiger partial charge >= 0.3 is 0 Å². The highest BCUT2D eigenvalue weighted by molar-refractivity contribution is 6.45. The lowest BCUT2D eigenvalue weighted by molar-refractivity contribution is -0.384. The van der Waals surface area contributed by atoms with Gasteiger partial charge in [0.1, 0.15) is 12.3 Å².